The van der Waals surface area contributed by atoms with Crippen molar-refractivity contribution in [2.75, 3.05) is 0 Å². The van der Waals surface area contributed by atoms with Crippen LogP contribution in [-0.2, 0) is 10.0 Å². The SMILES string of the molecule is CC1CCC(NS(=O)(=O)c2cccc(F)c2C#N)C(C)C1. The molecule has 0 amide bonds. The van der Waals surface area contributed by atoms with Gasteiger partial charge in [0.05, 0.1) is 0 Å². The van der Waals surface area contributed by atoms with Crippen LogP contribution in [-0.4, -0.2) is 14.5 Å². The number of halogens is 1. The maximum atomic E-state index is 13.6. The van der Waals surface area contributed by atoms with Gasteiger partial charge in [-0.15, -0.1) is 0 Å². The van der Waals surface area contributed by atoms with Crippen LogP contribution in [0.1, 0.15) is 38.7 Å². The molecule has 1 aromatic rings. The predicted octanol–water partition coefficient (Wildman–Crippen LogP) is 2.80. The van der Waals surface area contributed by atoms with Crippen LogP contribution in [0.3, 0.4) is 0 Å². The number of nitrogens with zero attached hydrogens (tertiary/aromatic N) is 1. The molecule has 0 heterocycles. The molecular weight excluding hydrogens is 291 g/mol. The number of hydrogen-bond donors (Lipinski definition) is 1. The molecule has 0 aromatic heterocycles. The van der Waals surface area contributed by atoms with Gasteiger partial charge in [0.2, 0.25) is 10.0 Å². The molecule has 1 aliphatic carbocycles. The van der Waals surface area contributed by atoms with Crippen molar-refractivity contribution in [2.24, 2.45) is 11.8 Å². The van der Waals surface area contributed by atoms with Gasteiger partial charge in [-0.3, -0.25) is 0 Å². The van der Waals surface area contributed by atoms with E-state index >= 15 is 0 Å². The lowest BCUT2D eigenvalue weighted by molar-refractivity contribution is 0.249. The largest absolute Gasteiger partial charge is 0.242 e. The number of benzene rings is 1. The van der Waals surface area contributed by atoms with Crippen LogP contribution in [0, 0.1) is 29.0 Å². The summed E-state index contributed by atoms with van der Waals surface area (Å²) in [7, 11) is -3.89. The Balaban J connectivity index is 2.28. The van der Waals surface area contributed by atoms with Gasteiger partial charge in [0, 0.05) is 6.04 Å². The van der Waals surface area contributed by atoms with E-state index in [1.165, 1.54) is 12.1 Å². The molecule has 2 rings (SSSR count). The normalized spacial score (nSPS) is 26.3. The summed E-state index contributed by atoms with van der Waals surface area (Å²) < 4.78 is 41.1. The van der Waals surface area contributed by atoms with Crippen LogP contribution in [0.25, 0.3) is 0 Å². The summed E-state index contributed by atoms with van der Waals surface area (Å²) in [6, 6.07) is 5.12. The molecule has 0 radical (unpaired) electrons. The van der Waals surface area contributed by atoms with E-state index in [9.17, 15) is 12.8 Å². The Morgan fingerprint density at radius 2 is 2.05 bits per heavy atom. The molecule has 3 unspecified atom stereocenters. The third-order valence-electron chi connectivity index (χ3n) is 4.11. The van der Waals surface area contributed by atoms with Gasteiger partial charge in [0.25, 0.3) is 0 Å². The van der Waals surface area contributed by atoms with Gasteiger partial charge in [-0.2, -0.15) is 5.26 Å². The summed E-state index contributed by atoms with van der Waals surface area (Å²) >= 11 is 0. The van der Waals surface area contributed by atoms with Crippen molar-refractivity contribution in [3.05, 3.63) is 29.6 Å². The second-order valence-corrected chi connectivity index (χ2v) is 7.53. The monoisotopic (exact) mass is 310 g/mol. The highest BCUT2D eigenvalue weighted by Gasteiger charge is 2.30. The first-order valence-electron chi connectivity index (χ1n) is 7.06. The Morgan fingerprint density at radius 1 is 1.33 bits per heavy atom. The lowest BCUT2D eigenvalue weighted by Gasteiger charge is -2.32. The van der Waals surface area contributed by atoms with E-state index in [2.05, 4.69) is 11.6 Å². The molecular formula is C15H19FN2O2S. The molecule has 4 nitrogen and oxygen atoms in total. The number of nitriles is 1. The van der Waals surface area contributed by atoms with Gasteiger partial charge in [-0.1, -0.05) is 19.9 Å². The molecule has 1 saturated carbocycles. The minimum absolute atomic E-state index is 0.166. The Bertz CT molecular complexity index is 667. The molecule has 1 aromatic carbocycles. The molecule has 6 heteroatoms. The predicted molar refractivity (Wildman–Crippen MR) is 77.4 cm³/mol. The highest BCUT2D eigenvalue weighted by atomic mass is 32.2. The first kappa shape index (κ1) is 15.9. The third kappa shape index (κ3) is 3.42. The van der Waals surface area contributed by atoms with Crippen LogP contribution in [0.5, 0.6) is 0 Å². The second kappa shape index (κ2) is 6.12. The molecule has 21 heavy (non-hydrogen) atoms. The summed E-state index contributed by atoms with van der Waals surface area (Å²) in [6.07, 6.45) is 2.69. The van der Waals surface area contributed by atoms with Gasteiger partial charge in [-0.05, 0) is 43.2 Å². The highest BCUT2D eigenvalue weighted by Crippen LogP contribution is 2.30. The van der Waals surface area contributed by atoms with Gasteiger partial charge >= 0.3 is 0 Å². The Labute approximate surface area is 125 Å². The van der Waals surface area contributed by atoms with E-state index in [-0.39, 0.29) is 16.9 Å². The zero-order chi connectivity index (χ0) is 15.6. The third-order valence-corrected chi connectivity index (χ3v) is 5.65. The van der Waals surface area contributed by atoms with Gasteiger partial charge in [-0.25, -0.2) is 17.5 Å². The molecule has 0 saturated heterocycles. The standard InChI is InChI=1S/C15H19FN2O2S/c1-10-6-7-14(11(2)8-10)18-21(19,20)15-5-3-4-13(16)12(15)9-17/h3-5,10-11,14,18H,6-8H2,1-2H3. The van der Waals surface area contributed by atoms with Crippen molar-refractivity contribution in [1.29, 1.82) is 5.26 Å². The molecule has 3 atom stereocenters. The number of hydrogen-bond acceptors (Lipinski definition) is 3. The minimum Gasteiger partial charge on any atom is -0.208 e. The summed E-state index contributed by atoms with van der Waals surface area (Å²) in [6.45, 7) is 4.17. The second-order valence-electron chi connectivity index (χ2n) is 5.85. The Hall–Kier alpha value is -1.45. The van der Waals surface area contributed by atoms with Crippen molar-refractivity contribution in [3.8, 4) is 6.07 Å². The molecule has 0 aliphatic heterocycles. The summed E-state index contributed by atoms with van der Waals surface area (Å²) in [5, 5.41) is 8.97. The van der Waals surface area contributed by atoms with Crippen LogP contribution in [0.15, 0.2) is 23.1 Å². The van der Waals surface area contributed by atoms with Crippen molar-refractivity contribution in [2.45, 2.75) is 44.0 Å². The lowest BCUT2D eigenvalue weighted by atomic mass is 9.80. The van der Waals surface area contributed by atoms with E-state index < -0.39 is 21.4 Å². The average Bonchev–Trinajstić information content (AvgIpc) is 2.41. The fourth-order valence-corrected chi connectivity index (χ4v) is 4.49. The number of nitrogens with one attached hydrogen (secondary N) is 1. The maximum Gasteiger partial charge on any atom is 0.242 e. The lowest BCUT2D eigenvalue weighted by Crippen LogP contribution is -2.42. The van der Waals surface area contributed by atoms with Crippen LogP contribution in [0.4, 0.5) is 4.39 Å². The van der Waals surface area contributed by atoms with Crippen molar-refractivity contribution in [1.82, 2.24) is 4.72 Å². The number of rotatable bonds is 3. The molecule has 114 valence electrons. The Morgan fingerprint density at radius 3 is 2.67 bits per heavy atom. The van der Waals surface area contributed by atoms with E-state index in [1.54, 1.807) is 6.07 Å². The summed E-state index contributed by atoms with van der Waals surface area (Å²) in [5.41, 5.74) is -0.429. The van der Waals surface area contributed by atoms with Gasteiger partial charge in [0.1, 0.15) is 22.3 Å². The highest BCUT2D eigenvalue weighted by molar-refractivity contribution is 7.89. The van der Waals surface area contributed by atoms with Crippen LogP contribution < -0.4 is 4.72 Å². The first-order valence-corrected chi connectivity index (χ1v) is 8.54. The molecule has 1 fully saturated rings. The topological polar surface area (TPSA) is 70.0 Å². The van der Waals surface area contributed by atoms with E-state index in [0.29, 0.717) is 5.92 Å². The fraction of sp³-hybridized carbons (Fsp3) is 0.533. The zero-order valence-corrected chi connectivity index (χ0v) is 13.0. The molecule has 1 N–H and O–H groups in total. The Kier molecular flexibility index (Phi) is 4.64. The zero-order valence-electron chi connectivity index (χ0n) is 12.1. The molecule has 0 bridgehead atoms. The summed E-state index contributed by atoms with van der Waals surface area (Å²) in [5.74, 6) is -0.00194. The van der Waals surface area contributed by atoms with Gasteiger partial charge in [0.15, 0.2) is 0 Å². The van der Waals surface area contributed by atoms with Crippen molar-refractivity contribution in [3.63, 3.8) is 0 Å². The van der Waals surface area contributed by atoms with E-state index in [1.807, 2.05) is 6.92 Å². The smallest absolute Gasteiger partial charge is 0.208 e. The minimum atomic E-state index is -3.89. The van der Waals surface area contributed by atoms with E-state index in [0.717, 1.165) is 25.3 Å². The maximum absolute atomic E-state index is 13.6. The van der Waals surface area contributed by atoms with Crippen molar-refractivity contribution < 1.29 is 12.8 Å². The molecule has 0 spiro atoms. The number of sulfonamides is 1. The average molecular weight is 310 g/mol. The van der Waals surface area contributed by atoms with Crippen LogP contribution in [0.2, 0.25) is 0 Å². The van der Waals surface area contributed by atoms with Crippen LogP contribution >= 0.6 is 0 Å². The van der Waals surface area contributed by atoms with E-state index in [4.69, 9.17) is 5.26 Å². The van der Waals surface area contributed by atoms with Gasteiger partial charge < -0.3 is 0 Å². The molecule has 1 aliphatic rings. The first-order chi connectivity index (χ1) is 9.85. The van der Waals surface area contributed by atoms with Crippen molar-refractivity contribution >= 4 is 10.0 Å². The summed E-state index contributed by atoms with van der Waals surface area (Å²) in [4.78, 5) is -0.282. The quantitative estimate of drug-likeness (QED) is 0.933. The fourth-order valence-electron chi connectivity index (χ4n) is 2.94.